The molecule has 1 aromatic rings. The van der Waals surface area contributed by atoms with E-state index in [1.807, 2.05) is 0 Å². The topological polar surface area (TPSA) is 67.4 Å². The molecule has 2 amide bonds. The van der Waals surface area contributed by atoms with Gasteiger partial charge in [0, 0.05) is 6.04 Å². The molecule has 2 N–H and O–H groups in total. The van der Waals surface area contributed by atoms with Gasteiger partial charge in [-0.25, -0.2) is 0 Å². The van der Waals surface area contributed by atoms with E-state index in [0.29, 0.717) is 22.5 Å². The summed E-state index contributed by atoms with van der Waals surface area (Å²) in [5.74, 6) is 0.468. The summed E-state index contributed by atoms with van der Waals surface area (Å²) in [4.78, 5) is 23.9. The van der Waals surface area contributed by atoms with Gasteiger partial charge in [-0.2, -0.15) is 0 Å². The fraction of sp³-hybridized carbons (Fsp3) is 0.556. The molecule has 1 aromatic carbocycles. The third-order valence-electron chi connectivity index (χ3n) is 4.75. The predicted octanol–water partition coefficient (Wildman–Crippen LogP) is 3.89. The summed E-state index contributed by atoms with van der Waals surface area (Å²) in [7, 11) is 0. The highest BCUT2D eigenvalue weighted by atomic mass is 35.5. The van der Waals surface area contributed by atoms with Crippen LogP contribution in [0.2, 0.25) is 10.0 Å². The minimum atomic E-state index is -0.392. The van der Waals surface area contributed by atoms with Crippen LogP contribution in [0.1, 0.15) is 33.1 Å². The second-order valence-corrected chi connectivity index (χ2v) is 7.37. The zero-order valence-electron chi connectivity index (χ0n) is 14.5. The van der Waals surface area contributed by atoms with E-state index in [9.17, 15) is 9.59 Å². The maximum Gasteiger partial charge on any atom is 0.250 e. The Kier molecular flexibility index (Phi) is 7.54. The standard InChI is InChI=1S/C18H24Cl2N2O3/c1-11-5-3-7-14(12(11)2)21-16(23)9-25-10-17(24)22-15-8-4-6-13(19)18(15)20/h4,6,8,11-12,14H,3,5,7,9-10H2,1-2H3,(H,21,23)(H,22,24)/t11-,12+,14-/m0/s1. The van der Waals surface area contributed by atoms with Gasteiger partial charge >= 0.3 is 0 Å². The van der Waals surface area contributed by atoms with Crippen LogP contribution in [0.15, 0.2) is 18.2 Å². The van der Waals surface area contributed by atoms with E-state index in [4.69, 9.17) is 27.9 Å². The summed E-state index contributed by atoms with van der Waals surface area (Å²) in [5.41, 5.74) is 0.414. The Bertz CT molecular complexity index is 624. The molecule has 0 saturated heterocycles. The maximum atomic E-state index is 12.0. The van der Waals surface area contributed by atoms with Gasteiger partial charge in [-0.1, -0.05) is 56.0 Å². The number of benzene rings is 1. The molecule has 0 heterocycles. The monoisotopic (exact) mass is 386 g/mol. The van der Waals surface area contributed by atoms with Crippen molar-refractivity contribution in [2.75, 3.05) is 18.5 Å². The van der Waals surface area contributed by atoms with Crippen LogP contribution in [0, 0.1) is 11.8 Å². The summed E-state index contributed by atoms with van der Waals surface area (Å²) in [6.45, 7) is 4.00. The Morgan fingerprint density at radius 3 is 2.64 bits per heavy atom. The fourth-order valence-electron chi connectivity index (χ4n) is 3.06. The smallest absolute Gasteiger partial charge is 0.250 e. The third-order valence-corrected chi connectivity index (χ3v) is 5.56. The van der Waals surface area contributed by atoms with Crippen LogP contribution in [0.5, 0.6) is 0 Å². The molecule has 25 heavy (non-hydrogen) atoms. The van der Waals surface area contributed by atoms with Crippen LogP contribution < -0.4 is 10.6 Å². The molecule has 1 fully saturated rings. The van der Waals surface area contributed by atoms with Crippen LogP contribution in [0.3, 0.4) is 0 Å². The zero-order valence-corrected chi connectivity index (χ0v) is 16.0. The van der Waals surface area contributed by atoms with Crippen molar-refractivity contribution in [1.29, 1.82) is 0 Å². The van der Waals surface area contributed by atoms with Gasteiger partial charge in [0.1, 0.15) is 13.2 Å². The molecule has 138 valence electrons. The van der Waals surface area contributed by atoms with Crippen LogP contribution in [-0.2, 0) is 14.3 Å². The van der Waals surface area contributed by atoms with E-state index in [1.165, 1.54) is 6.42 Å². The first-order chi connectivity index (χ1) is 11.9. The number of hydrogen-bond acceptors (Lipinski definition) is 3. The number of rotatable bonds is 6. The van der Waals surface area contributed by atoms with Gasteiger partial charge in [-0.05, 0) is 30.4 Å². The van der Waals surface area contributed by atoms with E-state index in [2.05, 4.69) is 24.5 Å². The normalized spacial score (nSPS) is 23.1. The number of halogens is 2. The second kappa shape index (κ2) is 9.41. The first-order valence-electron chi connectivity index (χ1n) is 8.49. The van der Waals surface area contributed by atoms with Crippen LogP contribution in [0.25, 0.3) is 0 Å². The van der Waals surface area contributed by atoms with E-state index in [0.717, 1.165) is 12.8 Å². The lowest BCUT2D eigenvalue weighted by Crippen LogP contribution is -2.45. The first kappa shape index (κ1) is 20.0. The van der Waals surface area contributed by atoms with Crippen molar-refractivity contribution in [3.8, 4) is 0 Å². The van der Waals surface area contributed by atoms with E-state index < -0.39 is 5.91 Å². The van der Waals surface area contributed by atoms with Crippen molar-refractivity contribution in [3.05, 3.63) is 28.2 Å². The molecular weight excluding hydrogens is 363 g/mol. The van der Waals surface area contributed by atoms with Crippen LogP contribution >= 0.6 is 23.2 Å². The second-order valence-electron chi connectivity index (χ2n) is 6.58. The summed E-state index contributed by atoms with van der Waals surface area (Å²) in [6, 6.07) is 5.14. The average molecular weight is 387 g/mol. The third kappa shape index (κ3) is 5.87. The Morgan fingerprint density at radius 1 is 1.16 bits per heavy atom. The first-order valence-corrected chi connectivity index (χ1v) is 9.25. The van der Waals surface area contributed by atoms with Crippen molar-refractivity contribution < 1.29 is 14.3 Å². The van der Waals surface area contributed by atoms with E-state index >= 15 is 0 Å². The van der Waals surface area contributed by atoms with Crippen molar-refractivity contribution in [2.24, 2.45) is 11.8 Å². The summed E-state index contributed by atoms with van der Waals surface area (Å²) >= 11 is 11.9. The van der Waals surface area contributed by atoms with Crippen molar-refractivity contribution in [2.45, 2.75) is 39.2 Å². The molecular formula is C18H24Cl2N2O3. The molecule has 0 spiro atoms. The van der Waals surface area contributed by atoms with E-state index in [1.54, 1.807) is 18.2 Å². The lowest BCUT2D eigenvalue weighted by atomic mass is 9.78. The van der Waals surface area contributed by atoms with Crippen LogP contribution in [-0.4, -0.2) is 31.1 Å². The summed E-state index contributed by atoms with van der Waals surface area (Å²) < 4.78 is 5.20. The Hall–Kier alpha value is -1.30. The SMILES string of the molecule is C[C@H]1[C@@H](NC(=O)COCC(=O)Nc2cccc(Cl)c2Cl)CCC[C@@H]1C. The number of ether oxygens (including phenoxy) is 1. The molecule has 5 nitrogen and oxygen atoms in total. The molecule has 0 aromatic heterocycles. The number of amides is 2. The number of hydrogen-bond donors (Lipinski definition) is 2. The van der Waals surface area contributed by atoms with Gasteiger partial charge in [0.2, 0.25) is 11.8 Å². The molecule has 1 aliphatic carbocycles. The van der Waals surface area contributed by atoms with Gasteiger partial charge in [0.25, 0.3) is 0 Å². The molecule has 1 saturated carbocycles. The van der Waals surface area contributed by atoms with Crippen molar-refractivity contribution in [3.63, 3.8) is 0 Å². The number of nitrogens with one attached hydrogen (secondary N) is 2. The molecule has 0 aliphatic heterocycles. The minimum Gasteiger partial charge on any atom is -0.362 e. The van der Waals surface area contributed by atoms with Gasteiger partial charge < -0.3 is 15.4 Å². The number of anilines is 1. The predicted molar refractivity (Wildman–Crippen MR) is 100 cm³/mol. The quantitative estimate of drug-likeness (QED) is 0.778. The number of carbonyl (C=O) groups excluding carboxylic acids is 2. The Morgan fingerprint density at radius 2 is 1.88 bits per heavy atom. The van der Waals surface area contributed by atoms with Crippen LogP contribution in [0.4, 0.5) is 5.69 Å². The molecule has 0 radical (unpaired) electrons. The molecule has 0 bridgehead atoms. The lowest BCUT2D eigenvalue weighted by molar-refractivity contribution is -0.129. The maximum absolute atomic E-state index is 12.0. The van der Waals surface area contributed by atoms with Gasteiger partial charge in [0.15, 0.2) is 0 Å². The molecule has 2 rings (SSSR count). The molecule has 0 unspecified atom stereocenters. The Balaban J connectivity index is 1.72. The van der Waals surface area contributed by atoms with Gasteiger partial charge in [0.05, 0.1) is 15.7 Å². The Labute approximate surface area is 158 Å². The zero-order chi connectivity index (χ0) is 18.4. The average Bonchev–Trinajstić information content (AvgIpc) is 2.56. The number of carbonyl (C=O) groups is 2. The summed E-state index contributed by atoms with van der Waals surface area (Å²) in [6.07, 6.45) is 3.32. The van der Waals surface area contributed by atoms with Gasteiger partial charge in [-0.15, -0.1) is 0 Å². The minimum absolute atomic E-state index is 0.145. The molecule has 7 heteroatoms. The molecule has 3 atom stereocenters. The molecule has 1 aliphatic rings. The highest BCUT2D eigenvalue weighted by molar-refractivity contribution is 6.43. The van der Waals surface area contributed by atoms with Gasteiger partial charge in [-0.3, -0.25) is 9.59 Å². The highest BCUT2D eigenvalue weighted by Crippen LogP contribution is 2.30. The largest absolute Gasteiger partial charge is 0.362 e. The summed E-state index contributed by atoms with van der Waals surface area (Å²) in [5, 5.41) is 6.24. The van der Waals surface area contributed by atoms with Crippen molar-refractivity contribution in [1.82, 2.24) is 5.32 Å². The highest BCUT2D eigenvalue weighted by Gasteiger charge is 2.28. The lowest BCUT2D eigenvalue weighted by Gasteiger charge is -2.34. The van der Waals surface area contributed by atoms with Crippen molar-refractivity contribution >= 4 is 40.7 Å². The van der Waals surface area contributed by atoms with E-state index in [-0.39, 0.29) is 30.2 Å². The fourth-order valence-corrected chi connectivity index (χ4v) is 3.40.